The van der Waals surface area contributed by atoms with Gasteiger partial charge in [0.1, 0.15) is 0 Å². The van der Waals surface area contributed by atoms with Crippen molar-refractivity contribution in [2.24, 2.45) is 0 Å². The quantitative estimate of drug-likeness (QED) is 0.186. The van der Waals surface area contributed by atoms with Gasteiger partial charge in [0, 0.05) is 11.1 Å². The van der Waals surface area contributed by atoms with E-state index in [2.05, 4.69) is 182 Å². The molecule has 0 aliphatic heterocycles. The van der Waals surface area contributed by atoms with Gasteiger partial charge in [-0.1, -0.05) is 170 Å². The van der Waals surface area contributed by atoms with E-state index in [0.29, 0.717) is 0 Å². The van der Waals surface area contributed by atoms with Crippen molar-refractivity contribution >= 4 is 5.78 Å². The van der Waals surface area contributed by atoms with Gasteiger partial charge in [0.05, 0.1) is 5.41 Å². The normalized spacial score (nSPS) is 13.3. The van der Waals surface area contributed by atoms with E-state index in [9.17, 15) is 4.79 Å². The summed E-state index contributed by atoms with van der Waals surface area (Å²) < 4.78 is 0. The van der Waals surface area contributed by atoms with E-state index in [1.807, 2.05) is 12.1 Å². The largest absolute Gasteiger partial charge is 0.289 e. The molecule has 0 N–H and O–H groups in total. The number of carbonyl (C=O) groups is 1. The molecule has 8 aromatic carbocycles. The molecule has 238 valence electrons. The molecule has 0 aromatic heterocycles. The second-order valence-electron chi connectivity index (χ2n) is 13.6. The van der Waals surface area contributed by atoms with Crippen LogP contribution in [0.15, 0.2) is 194 Å². The minimum atomic E-state index is -0.650. The molecule has 1 spiro atoms. The minimum Gasteiger partial charge on any atom is -0.289 e. The molecule has 51 heavy (non-hydrogen) atoms. The number of rotatable bonds is 4. The maximum absolute atomic E-state index is 14.8. The van der Waals surface area contributed by atoms with Crippen LogP contribution in [0.25, 0.3) is 55.6 Å². The van der Waals surface area contributed by atoms with Crippen LogP contribution in [0.5, 0.6) is 0 Å². The Morgan fingerprint density at radius 2 is 0.667 bits per heavy atom. The molecule has 0 fully saturated rings. The highest BCUT2D eigenvalue weighted by molar-refractivity contribution is 6.15. The van der Waals surface area contributed by atoms with Crippen molar-refractivity contribution in [1.82, 2.24) is 0 Å². The molecule has 0 saturated carbocycles. The lowest BCUT2D eigenvalue weighted by molar-refractivity contribution is 0.103. The highest BCUT2D eigenvalue weighted by Crippen LogP contribution is 2.59. The maximum atomic E-state index is 14.8. The third-order valence-corrected chi connectivity index (χ3v) is 10.9. The van der Waals surface area contributed by atoms with E-state index in [0.717, 1.165) is 50.1 Å². The Bertz CT molecular complexity index is 2600. The summed E-state index contributed by atoms with van der Waals surface area (Å²) in [5.74, 6) is 0.0677. The van der Waals surface area contributed by atoms with Gasteiger partial charge < -0.3 is 0 Å². The van der Waals surface area contributed by atoms with Crippen LogP contribution in [0.2, 0.25) is 0 Å². The molecular weight excluding hydrogens is 617 g/mol. The van der Waals surface area contributed by atoms with E-state index >= 15 is 0 Å². The van der Waals surface area contributed by atoms with Gasteiger partial charge in [0.25, 0.3) is 0 Å². The number of hydrogen-bond donors (Lipinski definition) is 0. The first-order valence-corrected chi connectivity index (χ1v) is 17.5. The van der Waals surface area contributed by atoms with Crippen molar-refractivity contribution < 1.29 is 4.79 Å². The van der Waals surface area contributed by atoms with Gasteiger partial charge >= 0.3 is 0 Å². The molecule has 0 atom stereocenters. The Morgan fingerprint density at radius 1 is 0.255 bits per heavy atom. The van der Waals surface area contributed by atoms with Gasteiger partial charge in [-0.05, 0) is 102 Å². The number of ketones is 1. The highest BCUT2D eigenvalue weighted by atomic mass is 16.1. The van der Waals surface area contributed by atoms with Crippen LogP contribution in [0.3, 0.4) is 0 Å². The van der Waals surface area contributed by atoms with E-state index in [1.54, 1.807) is 0 Å². The molecule has 8 aromatic rings. The first-order chi connectivity index (χ1) is 25.2. The molecule has 10 rings (SSSR count). The Labute approximate surface area is 298 Å². The number of benzene rings is 8. The maximum Gasteiger partial charge on any atom is 0.193 e. The van der Waals surface area contributed by atoms with Crippen molar-refractivity contribution in [2.45, 2.75) is 5.41 Å². The van der Waals surface area contributed by atoms with Gasteiger partial charge in [-0.15, -0.1) is 0 Å². The van der Waals surface area contributed by atoms with Crippen molar-refractivity contribution in [2.75, 3.05) is 0 Å². The molecule has 1 heteroatoms. The van der Waals surface area contributed by atoms with Crippen LogP contribution in [-0.4, -0.2) is 5.78 Å². The van der Waals surface area contributed by atoms with Gasteiger partial charge in [-0.2, -0.15) is 0 Å². The van der Waals surface area contributed by atoms with E-state index in [1.165, 1.54) is 38.9 Å². The monoisotopic (exact) mass is 648 g/mol. The average molecular weight is 649 g/mol. The van der Waals surface area contributed by atoms with E-state index in [4.69, 9.17) is 0 Å². The van der Waals surface area contributed by atoms with Crippen LogP contribution in [-0.2, 0) is 5.41 Å². The fourth-order valence-electron chi connectivity index (χ4n) is 8.59. The lowest BCUT2D eigenvalue weighted by atomic mass is 9.60. The first-order valence-electron chi connectivity index (χ1n) is 17.5. The van der Waals surface area contributed by atoms with Crippen molar-refractivity contribution in [3.63, 3.8) is 0 Å². The third-order valence-electron chi connectivity index (χ3n) is 10.9. The first kappa shape index (κ1) is 29.4. The second kappa shape index (κ2) is 11.5. The van der Waals surface area contributed by atoms with Gasteiger partial charge in [0.15, 0.2) is 5.78 Å². The molecule has 0 amide bonds. The molecule has 0 saturated heterocycles. The Morgan fingerprint density at radius 3 is 1.24 bits per heavy atom. The zero-order chi connectivity index (χ0) is 33.9. The number of hydrogen-bond acceptors (Lipinski definition) is 1. The molecule has 1 nitrogen and oxygen atoms in total. The van der Waals surface area contributed by atoms with Crippen LogP contribution in [0.1, 0.15) is 38.2 Å². The van der Waals surface area contributed by atoms with Crippen LogP contribution >= 0.6 is 0 Å². The average Bonchev–Trinajstić information content (AvgIpc) is 3.51. The van der Waals surface area contributed by atoms with Gasteiger partial charge in [0.2, 0.25) is 0 Å². The summed E-state index contributed by atoms with van der Waals surface area (Å²) >= 11 is 0. The Hall–Kier alpha value is -6.57. The topological polar surface area (TPSA) is 17.1 Å². The summed E-state index contributed by atoms with van der Waals surface area (Å²) in [6, 6.07) is 68.8. The SMILES string of the molecule is O=C1c2cc(-c3cccc(-c4ccccc4)c3)ccc2C2(c3cc(-c4cccc(-c5ccccc5)c4)ccc31)c1ccccc1-c1ccccc12. The van der Waals surface area contributed by atoms with Crippen molar-refractivity contribution in [1.29, 1.82) is 0 Å². The third kappa shape index (κ3) is 4.45. The number of fused-ring (bicyclic) bond motifs is 9. The standard InChI is InChI=1S/C50H32O/c51-49-43-27-25-40(38-20-12-18-36(30-38)34-15-5-2-6-16-34)32-48(43)50(45-23-9-7-21-41(45)42-22-8-10-24-46(42)50)47-28-26-39(31-44(47)49)37-19-11-17-35(29-37)33-13-3-1-4-14-33/h1-32H. The molecule has 0 unspecified atom stereocenters. The lowest BCUT2D eigenvalue weighted by Crippen LogP contribution is -2.36. The summed E-state index contributed by atoms with van der Waals surface area (Å²) in [7, 11) is 0. The predicted octanol–water partition coefficient (Wildman–Crippen LogP) is 12.3. The smallest absolute Gasteiger partial charge is 0.193 e. The summed E-state index contributed by atoms with van der Waals surface area (Å²) in [5, 5.41) is 0. The summed E-state index contributed by atoms with van der Waals surface area (Å²) in [5.41, 5.74) is 16.8. The summed E-state index contributed by atoms with van der Waals surface area (Å²) in [6.45, 7) is 0. The van der Waals surface area contributed by atoms with Crippen molar-refractivity contribution in [3.8, 4) is 55.6 Å². The zero-order valence-electron chi connectivity index (χ0n) is 27.9. The Balaban J connectivity index is 1.20. The highest BCUT2D eigenvalue weighted by Gasteiger charge is 2.51. The van der Waals surface area contributed by atoms with Gasteiger partial charge in [-0.25, -0.2) is 0 Å². The van der Waals surface area contributed by atoms with Crippen LogP contribution in [0.4, 0.5) is 0 Å². The Kier molecular flexibility index (Phi) is 6.62. The molecule has 0 bridgehead atoms. The summed E-state index contributed by atoms with van der Waals surface area (Å²) in [4.78, 5) is 14.8. The fourth-order valence-corrected chi connectivity index (χ4v) is 8.59. The predicted molar refractivity (Wildman–Crippen MR) is 209 cm³/mol. The van der Waals surface area contributed by atoms with E-state index in [-0.39, 0.29) is 5.78 Å². The molecule has 0 radical (unpaired) electrons. The minimum absolute atomic E-state index is 0.0677. The lowest BCUT2D eigenvalue weighted by Gasteiger charge is -2.40. The molecule has 2 aliphatic carbocycles. The van der Waals surface area contributed by atoms with Crippen LogP contribution in [0, 0.1) is 0 Å². The zero-order valence-corrected chi connectivity index (χ0v) is 27.9. The van der Waals surface area contributed by atoms with E-state index < -0.39 is 5.41 Å². The second-order valence-corrected chi connectivity index (χ2v) is 13.6. The number of carbonyl (C=O) groups excluding carboxylic acids is 1. The van der Waals surface area contributed by atoms with Crippen molar-refractivity contribution in [3.05, 3.63) is 228 Å². The van der Waals surface area contributed by atoms with Gasteiger partial charge in [-0.3, -0.25) is 4.79 Å². The van der Waals surface area contributed by atoms with Crippen LogP contribution < -0.4 is 0 Å². The molecule has 0 heterocycles. The summed E-state index contributed by atoms with van der Waals surface area (Å²) in [6.07, 6.45) is 0. The molecule has 2 aliphatic rings. The molecular formula is C50H32O. The fraction of sp³-hybridized carbons (Fsp3) is 0.0200.